The summed E-state index contributed by atoms with van der Waals surface area (Å²) in [5, 5.41) is 20.7. The first-order valence-corrected chi connectivity index (χ1v) is 7.87. The van der Waals surface area contributed by atoms with E-state index in [1.165, 1.54) is 0 Å². The molecule has 0 fully saturated rings. The van der Waals surface area contributed by atoms with E-state index >= 15 is 0 Å². The molecule has 0 saturated heterocycles. The molecular weight excluding hydrogens is 327 g/mol. The molecule has 0 aliphatic heterocycles. The van der Waals surface area contributed by atoms with Crippen molar-refractivity contribution in [2.45, 2.75) is 32.8 Å². The zero-order chi connectivity index (χ0) is 16.3. The quantitative estimate of drug-likeness (QED) is 0.634. The maximum Gasteiger partial charge on any atom is 1.00 e. The summed E-state index contributed by atoms with van der Waals surface area (Å²) in [7, 11) is 0. The maximum absolute atomic E-state index is 12.3. The van der Waals surface area contributed by atoms with Gasteiger partial charge in [-0.25, -0.2) is 0 Å². The van der Waals surface area contributed by atoms with Gasteiger partial charge < -0.3 is 19.7 Å². The van der Waals surface area contributed by atoms with Gasteiger partial charge in [-0.05, 0) is 25.0 Å². The van der Waals surface area contributed by atoms with Crippen LogP contribution in [0.3, 0.4) is 0 Å². The number of hydrogen-bond donors (Lipinski definition) is 1. The van der Waals surface area contributed by atoms with Crippen LogP contribution in [0.4, 0.5) is 0 Å². The number of benzene rings is 1. The molecule has 118 valence electrons. The van der Waals surface area contributed by atoms with E-state index in [2.05, 4.69) is 0 Å². The SMILES string of the molecule is CCCc1ccc(OCC(C)O)c2c(=O)cc(C(=O)[O-])sc12.[Na+]. The van der Waals surface area contributed by atoms with Crippen LogP contribution in [0.5, 0.6) is 5.75 Å². The van der Waals surface area contributed by atoms with Crippen molar-refractivity contribution >= 4 is 27.4 Å². The van der Waals surface area contributed by atoms with Gasteiger partial charge in [-0.3, -0.25) is 4.79 Å². The summed E-state index contributed by atoms with van der Waals surface area (Å²) >= 11 is 1.02. The molecule has 0 amide bonds. The van der Waals surface area contributed by atoms with Crippen LogP contribution in [0.15, 0.2) is 23.0 Å². The summed E-state index contributed by atoms with van der Waals surface area (Å²) < 4.78 is 6.10. The Hall–Kier alpha value is -0.920. The smallest absolute Gasteiger partial charge is 0.544 e. The fraction of sp³-hybridized carbons (Fsp3) is 0.375. The van der Waals surface area contributed by atoms with E-state index in [0.717, 1.165) is 35.8 Å². The zero-order valence-corrected chi connectivity index (χ0v) is 16.2. The molecule has 1 aromatic carbocycles. The first-order chi connectivity index (χ1) is 10.4. The second kappa shape index (κ2) is 8.80. The minimum absolute atomic E-state index is 0. The monoisotopic (exact) mass is 344 g/mol. The van der Waals surface area contributed by atoms with Crippen LogP contribution >= 0.6 is 11.3 Å². The van der Waals surface area contributed by atoms with E-state index in [1.54, 1.807) is 13.0 Å². The average Bonchev–Trinajstić information content (AvgIpc) is 2.46. The first kappa shape index (κ1) is 20.1. The molecule has 2 rings (SSSR count). The molecule has 1 aromatic heterocycles. The number of ether oxygens (including phenoxy) is 1. The summed E-state index contributed by atoms with van der Waals surface area (Å²) in [6, 6.07) is 4.59. The normalized spacial score (nSPS) is 11.8. The number of fused-ring (bicyclic) bond motifs is 1. The maximum atomic E-state index is 12.3. The Bertz CT molecular complexity index is 754. The average molecular weight is 344 g/mol. The molecule has 2 aromatic rings. The molecule has 1 unspecified atom stereocenters. The standard InChI is InChI=1S/C16H18O5S.Na/c1-3-4-10-5-6-12(21-8-9(2)17)14-11(18)7-13(16(19)20)22-15(10)14;/h5-7,9,17H,3-4,8H2,1-2H3,(H,19,20);/q;+1/p-1. The van der Waals surface area contributed by atoms with Crippen molar-refractivity contribution < 1.29 is 49.3 Å². The number of hydrogen-bond acceptors (Lipinski definition) is 6. The summed E-state index contributed by atoms with van der Waals surface area (Å²) in [4.78, 5) is 23.3. The molecule has 5 nitrogen and oxygen atoms in total. The number of rotatable bonds is 6. The van der Waals surface area contributed by atoms with Crippen LogP contribution in [-0.2, 0) is 6.42 Å². The van der Waals surface area contributed by atoms with Crippen molar-refractivity contribution in [3.8, 4) is 5.75 Å². The van der Waals surface area contributed by atoms with Crippen molar-refractivity contribution in [2.75, 3.05) is 6.61 Å². The number of aromatic carboxylic acids is 1. The predicted molar refractivity (Wildman–Crippen MR) is 83.6 cm³/mol. The Morgan fingerprint density at radius 3 is 2.70 bits per heavy atom. The first-order valence-electron chi connectivity index (χ1n) is 7.06. The second-order valence-electron chi connectivity index (χ2n) is 5.10. The molecule has 0 bridgehead atoms. The number of carboxylic acid groups (broad SMARTS) is 1. The van der Waals surface area contributed by atoms with E-state index in [4.69, 9.17) is 4.74 Å². The van der Waals surface area contributed by atoms with Crippen molar-refractivity contribution in [3.05, 3.63) is 38.9 Å². The molecule has 1 atom stereocenters. The van der Waals surface area contributed by atoms with Crippen LogP contribution in [0.2, 0.25) is 0 Å². The summed E-state index contributed by atoms with van der Waals surface area (Å²) in [6.45, 7) is 3.66. The minimum Gasteiger partial charge on any atom is -0.544 e. The number of carbonyl (C=O) groups is 1. The van der Waals surface area contributed by atoms with Crippen LogP contribution in [-0.4, -0.2) is 23.8 Å². The summed E-state index contributed by atoms with van der Waals surface area (Å²) in [5.41, 5.74) is 0.499. The molecule has 1 heterocycles. The van der Waals surface area contributed by atoms with Crippen LogP contribution in [0.25, 0.3) is 10.1 Å². The Kier molecular flexibility index (Phi) is 7.70. The number of aliphatic hydroxyl groups is 1. The van der Waals surface area contributed by atoms with Gasteiger partial charge in [0, 0.05) is 10.8 Å². The van der Waals surface area contributed by atoms with E-state index in [0.29, 0.717) is 15.8 Å². The van der Waals surface area contributed by atoms with Crippen LogP contribution in [0.1, 0.15) is 35.5 Å². The van der Waals surface area contributed by atoms with E-state index in [-0.39, 0.29) is 41.0 Å². The third kappa shape index (κ3) is 4.78. The Balaban J connectivity index is 0.00000264. The second-order valence-corrected chi connectivity index (χ2v) is 6.15. The molecule has 0 aliphatic carbocycles. The number of carboxylic acids is 1. The predicted octanol–water partition coefficient (Wildman–Crippen LogP) is -1.66. The topological polar surface area (TPSA) is 86.7 Å². The Morgan fingerprint density at radius 1 is 1.43 bits per heavy atom. The van der Waals surface area contributed by atoms with Crippen LogP contribution in [0, 0.1) is 0 Å². The van der Waals surface area contributed by atoms with Gasteiger partial charge in [-0.1, -0.05) is 19.4 Å². The summed E-state index contributed by atoms with van der Waals surface area (Å²) in [5.74, 6) is -0.997. The van der Waals surface area contributed by atoms with Gasteiger partial charge >= 0.3 is 29.6 Å². The number of carbonyl (C=O) groups excluding carboxylic acids is 1. The third-order valence-corrected chi connectivity index (χ3v) is 4.30. The van der Waals surface area contributed by atoms with Gasteiger partial charge in [0.2, 0.25) is 0 Å². The Labute approximate surface area is 160 Å². The number of aliphatic hydroxyl groups excluding tert-OH is 1. The zero-order valence-electron chi connectivity index (χ0n) is 13.4. The molecule has 0 spiro atoms. The largest absolute Gasteiger partial charge is 1.00 e. The Morgan fingerprint density at radius 2 is 2.13 bits per heavy atom. The van der Waals surface area contributed by atoms with E-state index in [1.807, 2.05) is 13.0 Å². The molecular formula is C16H17NaO5S. The molecule has 0 saturated carbocycles. The van der Waals surface area contributed by atoms with E-state index < -0.39 is 17.5 Å². The van der Waals surface area contributed by atoms with Gasteiger partial charge in [0.15, 0.2) is 5.43 Å². The van der Waals surface area contributed by atoms with Gasteiger partial charge in [0.25, 0.3) is 0 Å². The molecule has 0 aliphatic rings. The van der Waals surface area contributed by atoms with Gasteiger partial charge in [-0.15, -0.1) is 11.3 Å². The van der Waals surface area contributed by atoms with Gasteiger partial charge in [-0.2, -0.15) is 0 Å². The van der Waals surface area contributed by atoms with Gasteiger partial charge in [0.1, 0.15) is 12.4 Å². The van der Waals surface area contributed by atoms with Gasteiger partial charge in [0.05, 0.1) is 22.3 Å². The molecule has 23 heavy (non-hydrogen) atoms. The van der Waals surface area contributed by atoms with Crippen LogP contribution < -0.4 is 44.8 Å². The van der Waals surface area contributed by atoms with Crippen molar-refractivity contribution in [2.24, 2.45) is 0 Å². The summed E-state index contributed by atoms with van der Waals surface area (Å²) in [6.07, 6.45) is 0.950. The molecule has 7 heteroatoms. The molecule has 1 N–H and O–H groups in total. The molecule has 0 radical (unpaired) electrons. The number of aryl methyl sites for hydroxylation is 1. The minimum atomic E-state index is -1.36. The van der Waals surface area contributed by atoms with E-state index in [9.17, 15) is 19.8 Å². The fourth-order valence-electron chi connectivity index (χ4n) is 2.19. The van der Waals surface area contributed by atoms with Crippen molar-refractivity contribution in [1.82, 2.24) is 0 Å². The fourth-order valence-corrected chi connectivity index (χ4v) is 3.26. The van der Waals surface area contributed by atoms with Crippen molar-refractivity contribution in [1.29, 1.82) is 0 Å². The van der Waals surface area contributed by atoms with Crippen molar-refractivity contribution in [3.63, 3.8) is 0 Å². The third-order valence-electron chi connectivity index (χ3n) is 3.12.